The van der Waals surface area contributed by atoms with Gasteiger partial charge in [-0.2, -0.15) is 0 Å². The Kier molecular flexibility index (Phi) is 1.38. The van der Waals surface area contributed by atoms with Crippen LogP contribution in [0.1, 0.15) is 38.5 Å². The lowest BCUT2D eigenvalue weighted by atomic mass is 9.74. The minimum Gasteiger partial charge on any atom is -0.299 e. The average Bonchev–Trinajstić information content (AvgIpc) is 2.61. The van der Waals surface area contributed by atoms with Crippen molar-refractivity contribution in [2.24, 2.45) is 23.7 Å². The van der Waals surface area contributed by atoms with Gasteiger partial charge in [-0.3, -0.25) is 4.79 Å². The molecule has 0 aromatic heterocycles. The SMILES string of the molecule is O=C1CCC2CCC3CCC1C23. The average molecular weight is 164 g/mol. The fourth-order valence-electron chi connectivity index (χ4n) is 4.00. The molecule has 1 heteroatoms. The highest BCUT2D eigenvalue weighted by molar-refractivity contribution is 5.82. The van der Waals surface area contributed by atoms with E-state index in [1.165, 1.54) is 32.1 Å². The normalized spacial score (nSPS) is 51.2. The second-order valence-corrected chi connectivity index (χ2v) is 4.86. The topological polar surface area (TPSA) is 17.1 Å². The van der Waals surface area contributed by atoms with Gasteiger partial charge in [0.1, 0.15) is 5.78 Å². The van der Waals surface area contributed by atoms with Crippen molar-refractivity contribution in [2.45, 2.75) is 38.5 Å². The zero-order chi connectivity index (χ0) is 8.13. The molecule has 66 valence electrons. The summed E-state index contributed by atoms with van der Waals surface area (Å²) in [5.41, 5.74) is 0. The third kappa shape index (κ3) is 0.773. The summed E-state index contributed by atoms with van der Waals surface area (Å²) in [5.74, 6) is 3.84. The summed E-state index contributed by atoms with van der Waals surface area (Å²) >= 11 is 0. The molecule has 0 aliphatic heterocycles. The molecule has 0 amide bonds. The highest BCUT2D eigenvalue weighted by atomic mass is 16.1. The van der Waals surface area contributed by atoms with Gasteiger partial charge in [0.2, 0.25) is 0 Å². The van der Waals surface area contributed by atoms with Crippen LogP contribution in [0.25, 0.3) is 0 Å². The second kappa shape index (κ2) is 2.34. The lowest BCUT2D eigenvalue weighted by Gasteiger charge is -2.29. The minimum atomic E-state index is 0.510. The van der Waals surface area contributed by atoms with Crippen molar-refractivity contribution in [3.63, 3.8) is 0 Å². The van der Waals surface area contributed by atoms with E-state index in [4.69, 9.17) is 0 Å². The molecule has 3 aliphatic rings. The molecule has 0 saturated heterocycles. The quantitative estimate of drug-likeness (QED) is 0.537. The number of hydrogen-bond donors (Lipinski definition) is 0. The van der Waals surface area contributed by atoms with Gasteiger partial charge in [-0.1, -0.05) is 0 Å². The molecule has 0 aromatic carbocycles. The standard InChI is InChI=1S/C11H16O/c12-10-6-4-8-2-1-7-3-5-9(10)11(7)8/h7-9,11H,1-6H2. The van der Waals surface area contributed by atoms with E-state index >= 15 is 0 Å². The van der Waals surface area contributed by atoms with Crippen molar-refractivity contribution in [2.75, 3.05) is 0 Å². The van der Waals surface area contributed by atoms with Gasteiger partial charge in [-0.15, -0.1) is 0 Å². The molecule has 0 heterocycles. The molecule has 3 aliphatic carbocycles. The maximum Gasteiger partial charge on any atom is 0.136 e. The Hall–Kier alpha value is -0.330. The monoisotopic (exact) mass is 164 g/mol. The maximum atomic E-state index is 11.6. The van der Waals surface area contributed by atoms with Crippen LogP contribution in [0.3, 0.4) is 0 Å². The molecule has 0 spiro atoms. The summed E-state index contributed by atoms with van der Waals surface area (Å²) in [6, 6.07) is 0. The van der Waals surface area contributed by atoms with Crippen molar-refractivity contribution < 1.29 is 4.79 Å². The van der Waals surface area contributed by atoms with Gasteiger partial charge in [0.05, 0.1) is 0 Å². The number of Topliss-reactive ketones (excluding diaryl/α,β-unsaturated/α-hetero) is 1. The Balaban J connectivity index is 1.93. The van der Waals surface area contributed by atoms with Crippen LogP contribution in [0.4, 0.5) is 0 Å². The lowest BCUT2D eigenvalue weighted by molar-refractivity contribution is -0.127. The van der Waals surface area contributed by atoms with Crippen LogP contribution in [0, 0.1) is 23.7 Å². The summed E-state index contributed by atoms with van der Waals surface area (Å²) in [4.78, 5) is 11.6. The molecule has 3 fully saturated rings. The lowest BCUT2D eigenvalue weighted by Crippen LogP contribution is -2.30. The number of carbonyl (C=O) groups excluding carboxylic acids is 1. The summed E-state index contributed by atoms with van der Waals surface area (Å²) < 4.78 is 0. The fraction of sp³-hybridized carbons (Fsp3) is 0.909. The molecule has 3 rings (SSSR count). The molecule has 0 radical (unpaired) electrons. The fourth-order valence-corrected chi connectivity index (χ4v) is 4.00. The predicted molar refractivity (Wildman–Crippen MR) is 46.7 cm³/mol. The highest BCUT2D eigenvalue weighted by Gasteiger charge is 2.49. The van der Waals surface area contributed by atoms with Crippen LogP contribution in [-0.4, -0.2) is 5.78 Å². The van der Waals surface area contributed by atoms with Crippen LogP contribution in [0.5, 0.6) is 0 Å². The molecule has 1 nitrogen and oxygen atoms in total. The van der Waals surface area contributed by atoms with Crippen molar-refractivity contribution in [3.05, 3.63) is 0 Å². The van der Waals surface area contributed by atoms with E-state index in [1.807, 2.05) is 0 Å². The van der Waals surface area contributed by atoms with Crippen LogP contribution >= 0.6 is 0 Å². The summed E-state index contributed by atoms with van der Waals surface area (Å²) in [6.45, 7) is 0. The van der Waals surface area contributed by atoms with Crippen molar-refractivity contribution in [1.82, 2.24) is 0 Å². The van der Waals surface area contributed by atoms with Crippen molar-refractivity contribution in [1.29, 1.82) is 0 Å². The van der Waals surface area contributed by atoms with E-state index < -0.39 is 0 Å². The number of ketones is 1. The van der Waals surface area contributed by atoms with E-state index in [9.17, 15) is 4.79 Å². The molecule has 0 bridgehead atoms. The molecular weight excluding hydrogens is 148 g/mol. The van der Waals surface area contributed by atoms with E-state index in [2.05, 4.69) is 0 Å². The van der Waals surface area contributed by atoms with Gasteiger partial charge < -0.3 is 0 Å². The van der Waals surface area contributed by atoms with Crippen LogP contribution in [-0.2, 0) is 4.79 Å². The molecule has 4 unspecified atom stereocenters. The van der Waals surface area contributed by atoms with Crippen LogP contribution in [0.2, 0.25) is 0 Å². The van der Waals surface area contributed by atoms with Crippen LogP contribution in [0.15, 0.2) is 0 Å². The Morgan fingerprint density at radius 2 is 1.58 bits per heavy atom. The van der Waals surface area contributed by atoms with E-state index in [1.54, 1.807) is 0 Å². The Labute approximate surface area is 73.5 Å². The van der Waals surface area contributed by atoms with Gasteiger partial charge in [0, 0.05) is 12.3 Å². The summed E-state index contributed by atoms with van der Waals surface area (Å²) in [5, 5.41) is 0. The zero-order valence-corrected chi connectivity index (χ0v) is 7.46. The Bertz CT molecular complexity index is 221. The van der Waals surface area contributed by atoms with Crippen molar-refractivity contribution in [3.8, 4) is 0 Å². The second-order valence-electron chi connectivity index (χ2n) is 4.86. The van der Waals surface area contributed by atoms with Crippen LogP contribution < -0.4 is 0 Å². The molecule has 0 aromatic rings. The number of rotatable bonds is 0. The first-order valence-corrected chi connectivity index (χ1v) is 5.39. The van der Waals surface area contributed by atoms with E-state index in [0.29, 0.717) is 11.7 Å². The molecule has 4 atom stereocenters. The van der Waals surface area contributed by atoms with E-state index in [-0.39, 0.29) is 0 Å². The Morgan fingerprint density at radius 1 is 0.917 bits per heavy atom. The third-order valence-electron chi connectivity index (χ3n) is 4.49. The molecule has 12 heavy (non-hydrogen) atoms. The third-order valence-corrected chi connectivity index (χ3v) is 4.49. The predicted octanol–water partition coefficient (Wildman–Crippen LogP) is 2.40. The highest BCUT2D eigenvalue weighted by Crippen LogP contribution is 2.55. The first-order valence-electron chi connectivity index (χ1n) is 5.39. The summed E-state index contributed by atoms with van der Waals surface area (Å²) in [7, 11) is 0. The van der Waals surface area contributed by atoms with Gasteiger partial charge in [-0.25, -0.2) is 0 Å². The smallest absolute Gasteiger partial charge is 0.136 e. The van der Waals surface area contributed by atoms with E-state index in [0.717, 1.165) is 24.2 Å². The summed E-state index contributed by atoms with van der Waals surface area (Å²) in [6.07, 6.45) is 7.56. The minimum absolute atomic E-state index is 0.510. The Morgan fingerprint density at radius 3 is 2.42 bits per heavy atom. The largest absolute Gasteiger partial charge is 0.299 e. The maximum absolute atomic E-state index is 11.6. The van der Waals surface area contributed by atoms with Gasteiger partial charge in [0.25, 0.3) is 0 Å². The van der Waals surface area contributed by atoms with Gasteiger partial charge in [-0.05, 0) is 49.9 Å². The number of carbonyl (C=O) groups is 1. The van der Waals surface area contributed by atoms with Crippen molar-refractivity contribution >= 4 is 5.78 Å². The zero-order valence-electron chi connectivity index (χ0n) is 7.46. The molecule has 3 saturated carbocycles. The first-order chi connectivity index (χ1) is 5.86. The van der Waals surface area contributed by atoms with Gasteiger partial charge in [0.15, 0.2) is 0 Å². The number of hydrogen-bond acceptors (Lipinski definition) is 1. The molecular formula is C11H16O. The molecule has 0 N–H and O–H groups in total. The first kappa shape index (κ1) is 7.11. The van der Waals surface area contributed by atoms with Gasteiger partial charge >= 0.3 is 0 Å².